The van der Waals surface area contributed by atoms with Gasteiger partial charge < -0.3 is 20.3 Å². The van der Waals surface area contributed by atoms with E-state index in [0.717, 1.165) is 0 Å². The number of carbonyl (C=O) groups excluding carboxylic acids is 2. The molecule has 1 aliphatic rings. The lowest BCUT2D eigenvalue weighted by molar-refractivity contribution is 0.158. The number of rotatable bonds is 4. The van der Waals surface area contributed by atoms with Gasteiger partial charge in [-0.05, 0) is 24.3 Å². The molecule has 1 aliphatic heterocycles. The van der Waals surface area contributed by atoms with Gasteiger partial charge in [-0.15, -0.1) is 0 Å². The molecule has 1 fully saturated rings. The van der Waals surface area contributed by atoms with Crippen LogP contribution in [0.25, 0.3) is 0 Å². The molecule has 0 aromatic heterocycles. The highest BCUT2D eigenvalue weighted by Gasteiger charge is 2.20. The van der Waals surface area contributed by atoms with Gasteiger partial charge in [-0.25, -0.2) is 9.59 Å². The summed E-state index contributed by atoms with van der Waals surface area (Å²) in [4.78, 5) is 24.2. The number of nitrogens with one attached hydrogen (secondary N) is 2. The molecule has 2 N–H and O–H groups in total. The maximum Gasteiger partial charge on any atom is 0.409 e. The first-order chi connectivity index (χ1) is 9.15. The van der Waals surface area contributed by atoms with E-state index in [1.807, 2.05) is 0 Å². The van der Waals surface area contributed by atoms with Crippen molar-refractivity contribution >= 4 is 29.4 Å². The van der Waals surface area contributed by atoms with Crippen LogP contribution < -0.4 is 10.6 Å². The molecule has 19 heavy (non-hydrogen) atoms. The van der Waals surface area contributed by atoms with E-state index in [1.165, 1.54) is 0 Å². The van der Waals surface area contributed by atoms with Crippen LogP contribution in [0.4, 0.5) is 15.3 Å². The van der Waals surface area contributed by atoms with E-state index in [-0.39, 0.29) is 12.1 Å². The number of ether oxygens (including phenoxy) is 1. The largest absolute Gasteiger partial charge is 0.448 e. The SMILES string of the molecule is O=C(NCCN1CCOC1=O)Nc1ccc(Cl)cc1. The molecule has 1 aromatic rings. The molecule has 102 valence electrons. The van der Waals surface area contributed by atoms with E-state index in [0.29, 0.717) is 37.0 Å². The van der Waals surface area contributed by atoms with Crippen molar-refractivity contribution in [1.29, 1.82) is 0 Å². The van der Waals surface area contributed by atoms with Crippen molar-refractivity contribution in [2.45, 2.75) is 0 Å². The molecule has 0 radical (unpaired) electrons. The monoisotopic (exact) mass is 283 g/mol. The lowest BCUT2D eigenvalue weighted by atomic mass is 10.3. The summed E-state index contributed by atoms with van der Waals surface area (Å²) in [6, 6.07) is 6.48. The van der Waals surface area contributed by atoms with Gasteiger partial charge in [-0.2, -0.15) is 0 Å². The summed E-state index contributed by atoms with van der Waals surface area (Å²) < 4.78 is 4.78. The molecular weight excluding hydrogens is 270 g/mol. The van der Waals surface area contributed by atoms with Crippen LogP contribution in [0.1, 0.15) is 0 Å². The van der Waals surface area contributed by atoms with Gasteiger partial charge in [0.1, 0.15) is 6.61 Å². The summed E-state index contributed by atoms with van der Waals surface area (Å²) >= 11 is 5.74. The Bertz CT molecular complexity index is 464. The Kier molecular flexibility index (Phi) is 4.46. The smallest absolute Gasteiger partial charge is 0.409 e. The molecule has 0 saturated carbocycles. The van der Waals surface area contributed by atoms with Gasteiger partial charge in [0.05, 0.1) is 6.54 Å². The molecule has 6 nitrogen and oxygen atoms in total. The Balaban J connectivity index is 1.69. The fourth-order valence-electron chi connectivity index (χ4n) is 1.64. The second-order valence-corrected chi connectivity index (χ2v) is 4.43. The van der Waals surface area contributed by atoms with Crippen LogP contribution in [0.2, 0.25) is 5.02 Å². The van der Waals surface area contributed by atoms with E-state index < -0.39 is 0 Å². The summed E-state index contributed by atoms with van der Waals surface area (Å²) in [7, 11) is 0. The van der Waals surface area contributed by atoms with E-state index in [4.69, 9.17) is 16.3 Å². The third-order valence-corrected chi connectivity index (χ3v) is 2.87. The summed E-state index contributed by atoms with van der Waals surface area (Å²) in [5, 5.41) is 5.93. The minimum Gasteiger partial charge on any atom is -0.448 e. The fourth-order valence-corrected chi connectivity index (χ4v) is 1.77. The number of urea groups is 1. The average molecular weight is 284 g/mol. The highest BCUT2D eigenvalue weighted by atomic mass is 35.5. The number of amides is 3. The number of carbonyl (C=O) groups is 2. The number of cyclic esters (lactones) is 1. The van der Waals surface area contributed by atoms with Crippen molar-refractivity contribution in [3.63, 3.8) is 0 Å². The maximum absolute atomic E-state index is 11.6. The highest BCUT2D eigenvalue weighted by Crippen LogP contribution is 2.12. The number of hydrogen-bond donors (Lipinski definition) is 2. The maximum atomic E-state index is 11.6. The number of nitrogens with zero attached hydrogens (tertiary/aromatic N) is 1. The van der Waals surface area contributed by atoms with Gasteiger partial charge >= 0.3 is 12.1 Å². The lowest BCUT2D eigenvalue weighted by Gasteiger charge is -2.13. The predicted molar refractivity (Wildman–Crippen MR) is 71.4 cm³/mol. The van der Waals surface area contributed by atoms with Gasteiger partial charge in [0.15, 0.2) is 0 Å². The van der Waals surface area contributed by atoms with Gasteiger partial charge in [0, 0.05) is 23.8 Å². The van der Waals surface area contributed by atoms with Gasteiger partial charge in [-0.3, -0.25) is 0 Å². The Morgan fingerprint density at radius 3 is 2.74 bits per heavy atom. The number of hydrogen-bond acceptors (Lipinski definition) is 3. The minimum absolute atomic E-state index is 0.324. The Labute approximate surface area is 115 Å². The van der Waals surface area contributed by atoms with Crippen molar-refractivity contribution in [1.82, 2.24) is 10.2 Å². The van der Waals surface area contributed by atoms with Crippen LogP contribution in [0.5, 0.6) is 0 Å². The van der Waals surface area contributed by atoms with E-state index in [1.54, 1.807) is 29.2 Å². The zero-order valence-corrected chi connectivity index (χ0v) is 10.9. The highest BCUT2D eigenvalue weighted by molar-refractivity contribution is 6.30. The van der Waals surface area contributed by atoms with Crippen LogP contribution in [0, 0.1) is 0 Å². The van der Waals surface area contributed by atoms with Crippen molar-refractivity contribution in [2.24, 2.45) is 0 Å². The molecule has 1 heterocycles. The van der Waals surface area contributed by atoms with Crippen LogP contribution in [-0.4, -0.2) is 43.3 Å². The zero-order valence-electron chi connectivity index (χ0n) is 10.2. The summed E-state index contributed by atoms with van der Waals surface area (Å²) in [5.41, 5.74) is 0.655. The number of halogens is 1. The average Bonchev–Trinajstić information content (AvgIpc) is 2.78. The molecule has 0 spiro atoms. The molecule has 1 aromatic carbocycles. The van der Waals surface area contributed by atoms with Gasteiger partial charge in [0.2, 0.25) is 0 Å². The minimum atomic E-state index is -0.333. The standard InChI is InChI=1S/C12H14ClN3O3/c13-9-1-3-10(4-2-9)15-11(17)14-5-6-16-7-8-19-12(16)18/h1-4H,5-8H2,(H2,14,15,17). The first-order valence-electron chi connectivity index (χ1n) is 5.87. The van der Waals surface area contributed by atoms with Crippen LogP contribution in [-0.2, 0) is 4.74 Å². The molecule has 2 rings (SSSR count). The van der Waals surface area contributed by atoms with Gasteiger partial charge in [-0.1, -0.05) is 11.6 Å². The normalized spacial score (nSPS) is 14.2. The summed E-state index contributed by atoms with van der Waals surface area (Å²) in [6.07, 6.45) is -0.333. The molecular formula is C12H14ClN3O3. The topological polar surface area (TPSA) is 70.7 Å². The third-order valence-electron chi connectivity index (χ3n) is 2.61. The molecule has 0 unspecified atom stereocenters. The van der Waals surface area contributed by atoms with Crippen molar-refractivity contribution in [2.75, 3.05) is 31.6 Å². The Morgan fingerprint density at radius 1 is 1.37 bits per heavy atom. The van der Waals surface area contributed by atoms with Gasteiger partial charge in [0.25, 0.3) is 0 Å². The van der Waals surface area contributed by atoms with E-state index in [2.05, 4.69) is 10.6 Å². The number of anilines is 1. The second-order valence-electron chi connectivity index (χ2n) is 3.99. The predicted octanol–water partition coefficient (Wildman–Crippen LogP) is 1.91. The Hall–Kier alpha value is -1.95. The second kappa shape index (κ2) is 6.29. The van der Waals surface area contributed by atoms with Crippen molar-refractivity contribution in [3.8, 4) is 0 Å². The molecule has 0 aliphatic carbocycles. The first-order valence-corrected chi connectivity index (χ1v) is 6.25. The first kappa shape index (κ1) is 13.5. The molecule has 0 bridgehead atoms. The summed E-state index contributed by atoms with van der Waals surface area (Å²) in [5.74, 6) is 0. The number of benzene rings is 1. The quantitative estimate of drug-likeness (QED) is 0.887. The van der Waals surface area contributed by atoms with Crippen LogP contribution in [0.15, 0.2) is 24.3 Å². The zero-order chi connectivity index (χ0) is 13.7. The van der Waals surface area contributed by atoms with Crippen molar-refractivity contribution in [3.05, 3.63) is 29.3 Å². The summed E-state index contributed by atoms with van der Waals surface area (Å²) in [6.45, 7) is 1.79. The van der Waals surface area contributed by atoms with Crippen LogP contribution in [0.3, 0.4) is 0 Å². The molecule has 0 atom stereocenters. The molecule has 1 saturated heterocycles. The third kappa shape index (κ3) is 4.03. The fraction of sp³-hybridized carbons (Fsp3) is 0.333. The van der Waals surface area contributed by atoms with E-state index >= 15 is 0 Å². The molecule has 7 heteroatoms. The Morgan fingerprint density at radius 2 is 2.11 bits per heavy atom. The molecule has 3 amide bonds. The lowest BCUT2D eigenvalue weighted by Crippen LogP contribution is -2.37. The van der Waals surface area contributed by atoms with Crippen molar-refractivity contribution < 1.29 is 14.3 Å². The van der Waals surface area contributed by atoms with Crippen LogP contribution >= 0.6 is 11.6 Å². The van der Waals surface area contributed by atoms with E-state index in [9.17, 15) is 9.59 Å².